The first-order valence-electron chi connectivity index (χ1n) is 6.40. The number of benzene rings is 1. The second-order valence-corrected chi connectivity index (χ2v) is 7.95. The lowest BCUT2D eigenvalue weighted by molar-refractivity contribution is 0.511. The minimum Gasteiger partial charge on any atom is -0.326 e. The Labute approximate surface area is 128 Å². The van der Waals surface area contributed by atoms with Crippen LogP contribution in [-0.2, 0) is 10.0 Å². The monoisotopic (exact) mass is 357 g/mol. The second kappa shape index (κ2) is 5.81. The summed E-state index contributed by atoms with van der Waals surface area (Å²) in [6, 6.07) is 7.41. The van der Waals surface area contributed by atoms with Crippen LogP contribution < -0.4 is 9.62 Å². The summed E-state index contributed by atoms with van der Waals surface area (Å²) < 4.78 is 26.0. The van der Waals surface area contributed by atoms with E-state index < -0.39 is 10.0 Å². The first kappa shape index (κ1) is 15.4. The van der Waals surface area contributed by atoms with E-state index in [2.05, 4.69) is 15.9 Å². The molecule has 0 aromatic heterocycles. The summed E-state index contributed by atoms with van der Waals surface area (Å²) >= 11 is 3.41. The van der Waals surface area contributed by atoms with Crippen LogP contribution in [0, 0.1) is 0 Å². The van der Waals surface area contributed by atoms with Crippen LogP contribution in [0.1, 0.15) is 6.92 Å². The van der Waals surface area contributed by atoms with Crippen LogP contribution in [0.3, 0.4) is 0 Å². The predicted molar refractivity (Wildman–Crippen MR) is 86.5 cm³/mol. The number of nitrogens with zero attached hydrogens (tertiary/aromatic N) is 1. The molecule has 0 amide bonds. The molecule has 1 aromatic rings. The van der Waals surface area contributed by atoms with Gasteiger partial charge in [0, 0.05) is 28.7 Å². The molecule has 1 aliphatic rings. The highest BCUT2D eigenvalue weighted by Gasteiger charge is 2.42. The Kier molecular flexibility index (Phi) is 4.49. The minimum absolute atomic E-state index is 0.0711. The summed E-state index contributed by atoms with van der Waals surface area (Å²) in [6.07, 6.45) is 5.51. The number of halogens is 1. The third-order valence-corrected chi connectivity index (χ3v) is 6.11. The lowest BCUT2D eigenvalue weighted by atomic mass is 10.2. The van der Waals surface area contributed by atoms with Gasteiger partial charge in [0.1, 0.15) is 12.7 Å². The van der Waals surface area contributed by atoms with Gasteiger partial charge in [-0.25, -0.2) is 0 Å². The van der Waals surface area contributed by atoms with Crippen molar-refractivity contribution in [2.75, 3.05) is 18.8 Å². The van der Waals surface area contributed by atoms with E-state index in [0.717, 1.165) is 15.7 Å². The standard InChI is InChI=1S/C14H18BrN2O2S/c1-2-20(18,19)17(8-4-5-12(10-16)11-17)14-7-3-6-13(15)9-14/h3-7,9,11H,2,8,10,16H2,1H3/q+1. The molecule has 4 nitrogen and oxygen atoms in total. The molecule has 0 aliphatic carbocycles. The summed E-state index contributed by atoms with van der Waals surface area (Å²) in [5.74, 6) is 0.0711. The third-order valence-electron chi connectivity index (χ3n) is 3.43. The summed E-state index contributed by atoms with van der Waals surface area (Å²) in [5.41, 5.74) is 7.23. The highest BCUT2D eigenvalue weighted by molar-refractivity contribution is 9.10. The third kappa shape index (κ3) is 2.61. The molecule has 0 bridgehead atoms. The molecule has 1 unspecified atom stereocenters. The molecule has 1 aliphatic heterocycles. The molecule has 0 spiro atoms. The van der Waals surface area contributed by atoms with Gasteiger partial charge >= 0.3 is 10.0 Å². The molecule has 20 heavy (non-hydrogen) atoms. The fourth-order valence-corrected chi connectivity index (χ4v) is 4.21. The van der Waals surface area contributed by atoms with Crippen LogP contribution in [0.4, 0.5) is 5.69 Å². The Morgan fingerprint density at radius 1 is 1.40 bits per heavy atom. The molecule has 6 heteroatoms. The van der Waals surface area contributed by atoms with Gasteiger partial charge in [0.15, 0.2) is 5.69 Å². The van der Waals surface area contributed by atoms with Gasteiger partial charge in [-0.1, -0.05) is 28.1 Å². The fraction of sp³-hybridized carbons (Fsp3) is 0.286. The van der Waals surface area contributed by atoms with Gasteiger partial charge in [-0.3, -0.25) is 0 Å². The van der Waals surface area contributed by atoms with Crippen LogP contribution in [-0.4, -0.2) is 27.3 Å². The van der Waals surface area contributed by atoms with E-state index >= 15 is 0 Å². The predicted octanol–water partition coefficient (Wildman–Crippen LogP) is 2.52. The SMILES string of the molecule is CCS(=O)(=O)[N+]1(c2cccc(Br)c2)C=C(CN)C=CC1. The van der Waals surface area contributed by atoms with Crippen LogP contribution in [0.25, 0.3) is 0 Å². The average Bonchev–Trinajstić information content (AvgIpc) is 2.47. The molecule has 1 aromatic carbocycles. The van der Waals surface area contributed by atoms with Gasteiger partial charge < -0.3 is 5.73 Å². The molecule has 2 rings (SSSR count). The molecule has 0 saturated carbocycles. The van der Waals surface area contributed by atoms with Gasteiger partial charge in [-0.05, 0) is 19.1 Å². The Morgan fingerprint density at radius 3 is 2.75 bits per heavy atom. The molecular weight excluding hydrogens is 340 g/mol. The summed E-state index contributed by atoms with van der Waals surface area (Å²) in [4.78, 5) is 0. The van der Waals surface area contributed by atoms with Crippen molar-refractivity contribution in [1.82, 2.24) is 3.89 Å². The number of nitrogens with two attached hydrogens (primary N) is 1. The Morgan fingerprint density at radius 2 is 2.15 bits per heavy atom. The van der Waals surface area contributed by atoms with Crippen molar-refractivity contribution in [2.24, 2.45) is 5.73 Å². The van der Waals surface area contributed by atoms with Crippen molar-refractivity contribution < 1.29 is 8.42 Å². The van der Waals surface area contributed by atoms with Crippen molar-refractivity contribution in [2.45, 2.75) is 6.92 Å². The van der Waals surface area contributed by atoms with Crippen LogP contribution >= 0.6 is 15.9 Å². The van der Waals surface area contributed by atoms with Crippen LogP contribution in [0.5, 0.6) is 0 Å². The molecule has 0 fully saturated rings. The molecule has 1 heterocycles. The normalized spacial score (nSPS) is 22.6. The second-order valence-electron chi connectivity index (χ2n) is 4.64. The van der Waals surface area contributed by atoms with Gasteiger partial charge in [0.25, 0.3) is 0 Å². The van der Waals surface area contributed by atoms with E-state index in [1.807, 2.05) is 36.4 Å². The summed E-state index contributed by atoms with van der Waals surface area (Å²) in [6.45, 7) is 2.38. The van der Waals surface area contributed by atoms with Crippen molar-refractivity contribution in [3.05, 3.63) is 52.7 Å². The molecular formula is C14H18BrN2O2S+. The van der Waals surface area contributed by atoms with Crippen molar-refractivity contribution in [3.8, 4) is 0 Å². The van der Waals surface area contributed by atoms with E-state index in [9.17, 15) is 8.42 Å². The smallest absolute Gasteiger partial charge is 0.306 e. The number of hydrogen-bond acceptors (Lipinski definition) is 3. The minimum atomic E-state index is -3.36. The number of quaternary nitrogens is 1. The van der Waals surface area contributed by atoms with Gasteiger partial charge in [0.05, 0.1) is 5.75 Å². The van der Waals surface area contributed by atoms with Crippen molar-refractivity contribution in [1.29, 1.82) is 0 Å². The lowest BCUT2D eigenvalue weighted by Crippen LogP contribution is -2.51. The van der Waals surface area contributed by atoms with Crippen LogP contribution in [0.2, 0.25) is 0 Å². The average molecular weight is 358 g/mol. The van der Waals surface area contributed by atoms with E-state index in [1.165, 1.54) is 0 Å². The van der Waals surface area contributed by atoms with E-state index in [0.29, 0.717) is 13.1 Å². The Hall–Kier alpha value is -0.950. The molecule has 2 N–H and O–H groups in total. The van der Waals surface area contributed by atoms with Crippen LogP contribution in [0.15, 0.2) is 52.7 Å². The number of rotatable bonds is 4. The maximum atomic E-state index is 12.7. The maximum absolute atomic E-state index is 12.7. The van der Waals surface area contributed by atoms with Gasteiger partial charge in [-0.2, -0.15) is 12.3 Å². The quantitative estimate of drug-likeness (QED) is 0.842. The topological polar surface area (TPSA) is 60.2 Å². The molecule has 0 saturated heterocycles. The number of hydrogen-bond donors (Lipinski definition) is 1. The van der Waals surface area contributed by atoms with Crippen molar-refractivity contribution in [3.63, 3.8) is 0 Å². The zero-order valence-corrected chi connectivity index (χ0v) is 13.7. The van der Waals surface area contributed by atoms with Gasteiger partial charge in [-0.15, -0.1) is 0 Å². The largest absolute Gasteiger partial charge is 0.326 e. The van der Waals surface area contributed by atoms with E-state index in [-0.39, 0.29) is 9.64 Å². The lowest BCUT2D eigenvalue weighted by Gasteiger charge is -2.34. The zero-order valence-electron chi connectivity index (χ0n) is 11.3. The van der Waals surface area contributed by atoms with Gasteiger partial charge in [0.2, 0.25) is 0 Å². The summed E-state index contributed by atoms with van der Waals surface area (Å²) in [5, 5.41) is 0. The fourth-order valence-electron chi connectivity index (χ4n) is 2.32. The Balaban J connectivity index is 2.69. The Bertz CT molecular complexity index is 668. The molecule has 108 valence electrons. The van der Waals surface area contributed by atoms with E-state index in [4.69, 9.17) is 5.73 Å². The molecule has 1 atom stereocenters. The highest BCUT2D eigenvalue weighted by Crippen LogP contribution is 2.34. The molecule has 0 radical (unpaired) electrons. The number of sulfonamides is 1. The highest BCUT2D eigenvalue weighted by atomic mass is 79.9. The first-order valence-corrected chi connectivity index (χ1v) is 8.80. The maximum Gasteiger partial charge on any atom is 0.306 e. The zero-order chi connectivity index (χ0) is 14.8. The first-order chi connectivity index (χ1) is 9.45. The van der Waals surface area contributed by atoms with Crippen molar-refractivity contribution >= 4 is 31.6 Å². The summed E-state index contributed by atoms with van der Waals surface area (Å²) in [7, 11) is -3.36. The van der Waals surface area contributed by atoms with E-state index in [1.54, 1.807) is 13.1 Å².